The lowest BCUT2D eigenvalue weighted by molar-refractivity contribution is -0.0770. The molecule has 1 amide bonds. The normalized spacial score (nSPS) is 45.0. The maximum Gasteiger partial charge on any atom is 0.407 e. The molecule has 0 aromatic rings. The smallest absolute Gasteiger partial charge is 0.407 e. The minimum atomic E-state index is -0.253. The van der Waals surface area contributed by atoms with E-state index >= 15 is 0 Å². The third-order valence-corrected chi connectivity index (χ3v) is 5.29. The van der Waals surface area contributed by atoms with E-state index in [2.05, 4.69) is 10.6 Å². The quantitative estimate of drug-likeness (QED) is 0.806. The van der Waals surface area contributed by atoms with Crippen molar-refractivity contribution in [2.24, 2.45) is 17.3 Å². The summed E-state index contributed by atoms with van der Waals surface area (Å²) in [7, 11) is 3.50. The lowest BCUT2D eigenvalue weighted by Crippen LogP contribution is -2.64. The summed E-state index contributed by atoms with van der Waals surface area (Å²) in [5.41, 5.74) is 0.438. The molecule has 0 aromatic carbocycles. The molecule has 4 aliphatic carbocycles. The van der Waals surface area contributed by atoms with Crippen molar-refractivity contribution in [2.45, 2.75) is 44.1 Å². The first-order chi connectivity index (χ1) is 8.59. The molecule has 4 fully saturated rings. The molecule has 4 rings (SSSR count). The molecule has 102 valence electrons. The summed E-state index contributed by atoms with van der Waals surface area (Å²) in [5.74, 6) is 1.61. The number of nitrogens with one attached hydrogen (secondary N) is 2. The summed E-state index contributed by atoms with van der Waals surface area (Å²) in [5, 5.41) is 6.53. The van der Waals surface area contributed by atoms with Gasteiger partial charge in [-0.05, 0) is 62.8 Å². The molecule has 0 aliphatic heterocycles. The van der Waals surface area contributed by atoms with E-state index in [4.69, 9.17) is 4.74 Å². The monoisotopic (exact) mass is 252 g/mol. The van der Waals surface area contributed by atoms with Crippen LogP contribution in [0.3, 0.4) is 0 Å². The lowest BCUT2D eigenvalue weighted by atomic mass is 9.47. The summed E-state index contributed by atoms with van der Waals surface area (Å²) >= 11 is 0. The van der Waals surface area contributed by atoms with Crippen LogP contribution in [0.5, 0.6) is 0 Å². The predicted molar refractivity (Wildman–Crippen MR) is 69.3 cm³/mol. The van der Waals surface area contributed by atoms with E-state index in [0.717, 1.165) is 37.6 Å². The number of hydrogen-bond donors (Lipinski definition) is 2. The minimum Gasteiger partial charge on any atom is -0.453 e. The standard InChI is InChI=1S/C14H24N2O2/c1-15-9-13-4-10-3-11(5-13)7-14(6-10,8-13)16-12(17)18-2/h10-11,15H,3-9H2,1-2H3,(H,16,17). The molecule has 4 heteroatoms. The van der Waals surface area contributed by atoms with Gasteiger partial charge in [0.05, 0.1) is 7.11 Å². The molecule has 18 heavy (non-hydrogen) atoms. The van der Waals surface area contributed by atoms with Crippen LogP contribution in [0.1, 0.15) is 38.5 Å². The summed E-state index contributed by atoms with van der Waals surface area (Å²) < 4.78 is 4.82. The van der Waals surface area contributed by atoms with Gasteiger partial charge in [0.15, 0.2) is 0 Å². The number of carbonyl (C=O) groups is 1. The summed E-state index contributed by atoms with van der Waals surface area (Å²) in [6.07, 6.45) is 7.24. The Hall–Kier alpha value is -0.770. The van der Waals surface area contributed by atoms with Crippen LogP contribution in [0.4, 0.5) is 4.79 Å². The first-order valence-electron chi connectivity index (χ1n) is 7.09. The number of carbonyl (C=O) groups excluding carboxylic acids is 1. The number of alkyl carbamates (subject to hydrolysis) is 1. The molecule has 4 aliphatic rings. The van der Waals surface area contributed by atoms with E-state index < -0.39 is 0 Å². The summed E-state index contributed by atoms with van der Waals surface area (Å²) in [6, 6.07) is 0. The molecule has 4 bridgehead atoms. The molecule has 0 aromatic heterocycles. The molecule has 0 radical (unpaired) electrons. The van der Waals surface area contributed by atoms with Crippen molar-refractivity contribution in [2.75, 3.05) is 20.7 Å². The number of rotatable bonds is 3. The number of hydrogen-bond acceptors (Lipinski definition) is 3. The van der Waals surface area contributed by atoms with E-state index in [0.29, 0.717) is 5.41 Å². The fourth-order valence-corrected chi connectivity index (χ4v) is 5.45. The van der Waals surface area contributed by atoms with Crippen LogP contribution in [0, 0.1) is 17.3 Å². The highest BCUT2D eigenvalue weighted by Crippen LogP contribution is 2.61. The Labute approximate surface area is 109 Å². The first kappa shape index (κ1) is 12.3. The van der Waals surface area contributed by atoms with Gasteiger partial charge in [-0.15, -0.1) is 0 Å². The number of ether oxygens (including phenoxy) is 1. The van der Waals surface area contributed by atoms with Crippen molar-refractivity contribution < 1.29 is 9.53 Å². The van der Waals surface area contributed by atoms with Crippen molar-refractivity contribution >= 4 is 6.09 Å². The second-order valence-electron chi connectivity index (χ2n) is 6.89. The van der Waals surface area contributed by atoms with Gasteiger partial charge in [-0.25, -0.2) is 4.79 Å². The zero-order valence-electron chi connectivity index (χ0n) is 11.4. The van der Waals surface area contributed by atoms with Gasteiger partial charge in [0.25, 0.3) is 0 Å². The molecule has 0 saturated heterocycles. The van der Waals surface area contributed by atoms with E-state index in [-0.39, 0.29) is 11.6 Å². The topological polar surface area (TPSA) is 50.4 Å². The van der Waals surface area contributed by atoms with Gasteiger partial charge in [-0.3, -0.25) is 0 Å². The highest BCUT2D eigenvalue weighted by Gasteiger charge is 2.57. The minimum absolute atomic E-state index is 0.0219. The largest absolute Gasteiger partial charge is 0.453 e. The average Bonchev–Trinajstić information content (AvgIpc) is 2.26. The number of methoxy groups -OCH3 is 1. The van der Waals surface area contributed by atoms with Crippen LogP contribution >= 0.6 is 0 Å². The van der Waals surface area contributed by atoms with Crippen LogP contribution < -0.4 is 10.6 Å². The average molecular weight is 252 g/mol. The highest BCUT2D eigenvalue weighted by atomic mass is 16.5. The maximum atomic E-state index is 11.6. The van der Waals surface area contributed by atoms with Gasteiger partial charge in [-0.2, -0.15) is 0 Å². The van der Waals surface area contributed by atoms with Gasteiger partial charge in [0.1, 0.15) is 0 Å². The Morgan fingerprint density at radius 3 is 2.50 bits per heavy atom. The zero-order valence-corrected chi connectivity index (χ0v) is 11.4. The van der Waals surface area contributed by atoms with Gasteiger partial charge < -0.3 is 15.4 Å². The molecule has 4 nitrogen and oxygen atoms in total. The van der Waals surface area contributed by atoms with Crippen molar-refractivity contribution in [3.05, 3.63) is 0 Å². The van der Waals surface area contributed by atoms with Crippen LogP contribution in [0.2, 0.25) is 0 Å². The van der Waals surface area contributed by atoms with Gasteiger partial charge in [0.2, 0.25) is 0 Å². The van der Waals surface area contributed by atoms with Crippen LogP contribution in [0.15, 0.2) is 0 Å². The maximum absolute atomic E-state index is 11.6. The molecular formula is C14H24N2O2. The lowest BCUT2D eigenvalue weighted by Gasteiger charge is -2.62. The van der Waals surface area contributed by atoms with Crippen molar-refractivity contribution in [1.82, 2.24) is 10.6 Å². The summed E-state index contributed by atoms with van der Waals surface area (Å²) in [4.78, 5) is 11.6. The second kappa shape index (κ2) is 4.12. The summed E-state index contributed by atoms with van der Waals surface area (Å²) in [6.45, 7) is 1.09. The highest BCUT2D eigenvalue weighted by molar-refractivity contribution is 5.68. The Balaban J connectivity index is 1.82. The third-order valence-electron chi connectivity index (χ3n) is 5.29. The van der Waals surface area contributed by atoms with Crippen molar-refractivity contribution in [3.8, 4) is 0 Å². The zero-order chi connectivity index (χ0) is 12.8. The van der Waals surface area contributed by atoms with E-state index in [9.17, 15) is 4.79 Å². The van der Waals surface area contributed by atoms with Crippen molar-refractivity contribution in [1.29, 1.82) is 0 Å². The van der Waals surface area contributed by atoms with Gasteiger partial charge >= 0.3 is 6.09 Å². The Morgan fingerprint density at radius 2 is 1.94 bits per heavy atom. The number of amides is 1. The van der Waals surface area contributed by atoms with Gasteiger partial charge in [-0.1, -0.05) is 0 Å². The fraction of sp³-hybridized carbons (Fsp3) is 0.929. The van der Waals surface area contributed by atoms with Crippen LogP contribution in [0.25, 0.3) is 0 Å². The molecule has 4 saturated carbocycles. The molecule has 0 heterocycles. The van der Waals surface area contributed by atoms with E-state index in [1.807, 2.05) is 7.05 Å². The Kier molecular flexibility index (Phi) is 2.81. The third kappa shape index (κ3) is 1.91. The van der Waals surface area contributed by atoms with Crippen LogP contribution in [-0.2, 0) is 4.74 Å². The second-order valence-corrected chi connectivity index (χ2v) is 6.89. The molecule has 2 atom stereocenters. The Morgan fingerprint density at radius 1 is 1.28 bits per heavy atom. The molecule has 0 spiro atoms. The SMILES string of the molecule is CNCC12CC3CC(C1)CC(NC(=O)OC)(C3)C2. The van der Waals surface area contributed by atoms with E-state index in [1.165, 1.54) is 26.4 Å². The van der Waals surface area contributed by atoms with Crippen LogP contribution in [-0.4, -0.2) is 32.3 Å². The van der Waals surface area contributed by atoms with Gasteiger partial charge in [0, 0.05) is 12.1 Å². The molecular weight excluding hydrogens is 228 g/mol. The molecule has 2 N–H and O–H groups in total. The first-order valence-corrected chi connectivity index (χ1v) is 7.09. The Bertz CT molecular complexity index is 342. The molecule has 2 unspecified atom stereocenters. The fourth-order valence-electron chi connectivity index (χ4n) is 5.45. The van der Waals surface area contributed by atoms with Crippen molar-refractivity contribution in [3.63, 3.8) is 0 Å². The predicted octanol–water partition coefficient (Wildman–Crippen LogP) is 1.90. The van der Waals surface area contributed by atoms with E-state index in [1.54, 1.807) is 0 Å².